The molecular formula is C19H14F2N4O3S. The Morgan fingerprint density at radius 1 is 1.03 bits per heavy atom. The molecule has 0 bridgehead atoms. The SMILES string of the molecule is O=S(=O)(Nc1cc(C(F)F)nn1-c1cccc2ncccc12)c1ccc(O)cc1. The first-order chi connectivity index (χ1) is 13.8. The number of pyridine rings is 1. The van der Waals surface area contributed by atoms with Gasteiger partial charge in [0.25, 0.3) is 16.4 Å². The van der Waals surface area contributed by atoms with Crippen molar-refractivity contribution in [1.82, 2.24) is 14.8 Å². The Bertz CT molecular complexity index is 1280. The molecule has 0 aliphatic rings. The van der Waals surface area contributed by atoms with Crippen LogP contribution in [0.5, 0.6) is 5.75 Å². The molecule has 7 nitrogen and oxygen atoms in total. The molecule has 0 spiro atoms. The first-order valence-corrected chi connectivity index (χ1v) is 9.87. The van der Waals surface area contributed by atoms with E-state index in [-0.39, 0.29) is 16.5 Å². The van der Waals surface area contributed by atoms with E-state index in [0.717, 1.165) is 10.7 Å². The van der Waals surface area contributed by atoms with E-state index in [1.54, 1.807) is 36.5 Å². The van der Waals surface area contributed by atoms with Crippen LogP contribution < -0.4 is 4.72 Å². The minimum Gasteiger partial charge on any atom is -0.508 e. The number of alkyl halides is 2. The van der Waals surface area contributed by atoms with Crippen molar-refractivity contribution in [2.75, 3.05) is 4.72 Å². The molecule has 2 aromatic carbocycles. The summed E-state index contributed by atoms with van der Waals surface area (Å²) >= 11 is 0. The molecule has 148 valence electrons. The minimum atomic E-state index is -4.11. The summed E-state index contributed by atoms with van der Waals surface area (Å²) in [7, 11) is -4.11. The highest BCUT2D eigenvalue weighted by atomic mass is 32.2. The molecule has 0 atom stereocenters. The normalized spacial score (nSPS) is 11.8. The second kappa shape index (κ2) is 7.13. The molecule has 2 heterocycles. The predicted molar refractivity (Wildman–Crippen MR) is 103 cm³/mol. The van der Waals surface area contributed by atoms with Gasteiger partial charge >= 0.3 is 0 Å². The van der Waals surface area contributed by atoms with Gasteiger partial charge in [0, 0.05) is 17.6 Å². The van der Waals surface area contributed by atoms with Gasteiger partial charge in [0.05, 0.1) is 16.1 Å². The van der Waals surface area contributed by atoms with Crippen molar-refractivity contribution in [3.8, 4) is 11.4 Å². The average molecular weight is 416 g/mol. The van der Waals surface area contributed by atoms with Gasteiger partial charge in [-0.25, -0.2) is 21.9 Å². The van der Waals surface area contributed by atoms with Crippen molar-refractivity contribution in [3.63, 3.8) is 0 Å². The number of aromatic nitrogens is 3. The van der Waals surface area contributed by atoms with E-state index < -0.39 is 22.1 Å². The summed E-state index contributed by atoms with van der Waals surface area (Å²) in [5.74, 6) is -0.248. The molecule has 0 fully saturated rings. The van der Waals surface area contributed by atoms with Gasteiger partial charge in [-0.05, 0) is 48.5 Å². The Labute approximate surface area is 164 Å². The third kappa shape index (κ3) is 3.61. The van der Waals surface area contributed by atoms with Gasteiger partial charge in [0.2, 0.25) is 0 Å². The number of phenolic OH excluding ortho intramolecular Hbond substituents is 1. The number of hydrogen-bond donors (Lipinski definition) is 2. The van der Waals surface area contributed by atoms with E-state index in [1.807, 2.05) is 0 Å². The van der Waals surface area contributed by atoms with Gasteiger partial charge in [-0.1, -0.05) is 6.07 Å². The van der Waals surface area contributed by atoms with Crippen LogP contribution in [0.25, 0.3) is 16.6 Å². The van der Waals surface area contributed by atoms with Gasteiger partial charge in [-0.15, -0.1) is 0 Å². The highest BCUT2D eigenvalue weighted by Crippen LogP contribution is 2.29. The van der Waals surface area contributed by atoms with Crippen LogP contribution in [0, 0.1) is 0 Å². The molecule has 29 heavy (non-hydrogen) atoms. The molecule has 2 aromatic heterocycles. The summed E-state index contributed by atoms with van der Waals surface area (Å²) in [5, 5.41) is 13.9. The second-order valence-corrected chi connectivity index (χ2v) is 7.80. The van der Waals surface area contributed by atoms with Crippen molar-refractivity contribution in [2.45, 2.75) is 11.3 Å². The maximum absolute atomic E-state index is 13.3. The molecule has 0 unspecified atom stereocenters. The zero-order valence-corrected chi connectivity index (χ0v) is 15.5. The molecule has 10 heteroatoms. The van der Waals surface area contributed by atoms with Crippen LogP contribution >= 0.6 is 0 Å². The Hall–Kier alpha value is -3.53. The standard InChI is InChI=1S/C19H14F2N4O3S/c20-19(21)16-11-18(24-29(27,28)13-8-6-12(26)7-9-13)25(23-16)17-5-1-4-15-14(17)3-2-10-22-15/h1-11,19,24,26H. The summed E-state index contributed by atoms with van der Waals surface area (Å²) in [4.78, 5) is 4.08. The smallest absolute Gasteiger partial charge is 0.282 e. The molecule has 0 amide bonds. The molecule has 0 aliphatic heterocycles. The summed E-state index contributed by atoms with van der Waals surface area (Å²) in [5.41, 5.74) is 0.423. The van der Waals surface area contributed by atoms with Crippen molar-refractivity contribution in [3.05, 3.63) is 72.6 Å². The fourth-order valence-electron chi connectivity index (χ4n) is 2.86. The quantitative estimate of drug-likeness (QED) is 0.515. The van der Waals surface area contributed by atoms with Gasteiger partial charge in [0.1, 0.15) is 17.3 Å². The maximum atomic E-state index is 13.3. The first-order valence-electron chi connectivity index (χ1n) is 8.39. The van der Waals surface area contributed by atoms with E-state index >= 15 is 0 Å². The Kier molecular flexibility index (Phi) is 4.63. The topological polar surface area (TPSA) is 97.1 Å². The van der Waals surface area contributed by atoms with Gasteiger partial charge in [0.15, 0.2) is 0 Å². The number of sulfonamides is 1. The van der Waals surface area contributed by atoms with Gasteiger partial charge in [-0.2, -0.15) is 5.10 Å². The number of phenols is 1. The average Bonchev–Trinajstić information content (AvgIpc) is 3.11. The third-order valence-corrected chi connectivity index (χ3v) is 5.56. The highest BCUT2D eigenvalue weighted by molar-refractivity contribution is 7.92. The van der Waals surface area contributed by atoms with Gasteiger partial charge < -0.3 is 5.11 Å². The number of anilines is 1. The molecule has 4 aromatic rings. The number of benzene rings is 2. The lowest BCUT2D eigenvalue weighted by atomic mass is 10.2. The number of aromatic hydroxyl groups is 1. The number of rotatable bonds is 5. The van der Waals surface area contributed by atoms with Crippen LogP contribution in [0.3, 0.4) is 0 Å². The van der Waals surface area contributed by atoms with Crippen LogP contribution in [0.15, 0.2) is 71.8 Å². The molecule has 0 saturated carbocycles. The monoisotopic (exact) mass is 416 g/mol. The molecular weight excluding hydrogens is 402 g/mol. The molecule has 2 N–H and O–H groups in total. The van der Waals surface area contributed by atoms with E-state index in [9.17, 15) is 22.3 Å². The molecule has 0 radical (unpaired) electrons. The summed E-state index contributed by atoms with van der Waals surface area (Å²) in [6, 6.07) is 14.3. The van der Waals surface area contributed by atoms with Crippen LogP contribution in [-0.2, 0) is 10.0 Å². The lowest BCUT2D eigenvalue weighted by Gasteiger charge is -2.12. The Balaban J connectivity index is 1.85. The summed E-state index contributed by atoms with van der Waals surface area (Å²) < 4.78 is 55.4. The zero-order chi connectivity index (χ0) is 20.6. The lowest BCUT2D eigenvalue weighted by molar-refractivity contribution is 0.145. The molecule has 4 rings (SSSR count). The maximum Gasteiger partial charge on any atom is 0.282 e. The predicted octanol–water partition coefficient (Wildman–Crippen LogP) is 3.86. The van der Waals surface area contributed by atoms with Crippen LogP contribution in [0.2, 0.25) is 0 Å². The fourth-order valence-corrected chi connectivity index (χ4v) is 3.89. The van der Waals surface area contributed by atoms with Gasteiger partial charge in [-0.3, -0.25) is 9.71 Å². The Morgan fingerprint density at radius 3 is 2.52 bits per heavy atom. The van der Waals surface area contributed by atoms with Crippen molar-refractivity contribution < 1.29 is 22.3 Å². The van der Waals surface area contributed by atoms with E-state index in [4.69, 9.17) is 0 Å². The number of hydrogen-bond acceptors (Lipinski definition) is 5. The fraction of sp³-hybridized carbons (Fsp3) is 0.0526. The van der Waals surface area contributed by atoms with Crippen molar-refractivity contribution >= 4 is 26.7 Å². The lowest BCUT2D eigenvalue weighted by Crippen LogP contribution is -2.16. The first kappa shape index (κ1) is 18.8. The highest BCUT2D eigenvalue weighted by Gasteiger charge is 2.22. The van der Waals surface area contributed by atoms with E-state index in [2.05, 4.69) is 14.8 Å². The number of fused-ring (bicyclic) bond motifs is 1. The summed E-state index contributed by atoms with van der Waals surface area (Å²) in [6.45, 7) is 0. The zero-order valence-electron chi connectivity index (χ0n) is 14.7. The molecule has 0 aliphatic carbocycles. The minimum absolute atomic E-state index is 0.0998. The van der Waals surface area contributed by atoms with E-state index in [0.29, 0.717) is 16.6 Å². The summed E-state index contributed by atoms with van der Waals surface area (Å²) in [6.07, 6.45) is -1.30. The van der Waals surface area contributed by atoms with Crippen molar-refractivity contribution in [1.29, 1.82) is 0 Å². The second-order valence-electron chi connectivity index (χ2n) is 6.11. The Morgan fingerprint density at radius 2 is 1.79 bits per heavy atom. The number of nitrogens with zero attached hydrogens (tertiary/aromatic N) is 3. The third-order valence-electron chi connectivity index (χ3n) is 4.19. The largest absolute Gasteiger partial charge is 0.508 e. The van der Waals surface area contributed by atoms with E-state index in [1.165, 1.54) is 24.3 Å². The molecule has 0 saturated heterocycles. The number of halogens is 2. The van der Waals surface area contributed by atoms with Crippen LogP contribution in [-0.4, -0.2) is 28.3 Å². The number of nitrogens with one attached hydrogen (secondary N) is 1. The van der Waals surface area contributed by atoms with Crippen molar-refractivity contribution in [2.24, 2.45) is 0 Å². The van der Waals surface area contributed by atoms with Crippen LogP contribution in [0.1, 0.15) is 12.1 Å². The van der Waals surface area contributed by atoms with Crippen LogP contribution in [0.4, 0.5) is 14.6 Å².